The van der Waals surface area contributed by atoms with Crippen LogP contribution in [-0.4, -0.2) is 15.0 Å². The Morgan fingerprint density at radius 1 is 1.18 bits per heavy atom. The van der Waals surface area contributed by atoms with Gasteiger partial charge in [-0.15, -0.1) is 0 Å². The third-order valence-corrected chi connectivity index (χ3v) is 4.44. The molecular formula is C15H14BrN3O3. The number of fused-ring (bicyclic) bond motifs is 1. The van der Waals surface area contributed by atoms with Crippen LogP contribution < -0.4 is 16.6 Å². The predicted octanol–water partition coefficient (Wildman–Crippen LogP) is 1.32. The number of halogens is 1. The second-order valence-corrected chi connectivity index (χ2v) is 6.24. The molecule has 0 spiro atoms. The Labute approximate surface area is 134 Å². The summed E-state index contributed by atoms with van der Waals surface area (Å²) in [6.45, 7) is 0. The highest BCUT2D eigenvalue weighted by Gasteiger charge is 2.32. The Morgan fingerprint density at radius 2 is 1.91 bits per heavy atom. The first-order chi connectivity index (χ1) is 10.4. The fraction of sp³-hybridized carbons (Fsp3) is 0.267. The number of hydrogen-bond acceptors (Lipinski definition) is 3. The van der Waals surface area contributed by atoms with Crippen LogP contribution in [-0.2, 0) is 18.9 Å². The molecule has 6 nitrogen and oxygen atoms in total. The first-order valence-electron chi connectivity index (χ1n) is 6.75. The predicted molar refractivity (Wildman–Crippen MR) is 86.2 cm³/mol. The lowest BCUT2D eigenvalue weighted by Crippen LogP contribution is -2.44. The SMILES string of the molecule is Cn1c2c(c(=O)n(C)c1=O)[C@H](c1cccc(Br)c1)CC(=O)N2. The standard InChI is InChI=1S/C15H14BrN3O3/c1-18-13-12(14(21)19(2)15(18)22)10(7-11(20)17-13)8-4-3-5-9(16)6-8/h3-6,10H,7H2,1-2H3,(H,17,20)/t10-/m0/s1. The van der Waals surface area contributed by atoms with Crippen LogP contribution in [0.1, 0.15) is 23.5 Å². The van der Waals surface area contributed by atoms with E-state index in [0.717, 1.165) is 14.6 Å². The average molecular weight is 364 g/mol. The molecule has 1 aliphatic rings. The number of rotatable bonds is 1. The molecule has 7 heteroatoms. The van der Waals surface area contributed by atoms with Gasteiger partial charge in [0, 0.05) is 30.9 Å². The minimum Gasteiger partial charge on any atom is -0.312 e. The zero-order chi connectivity index (χ0) is 16.0. The van der Waals surface area contributed by atoms with E-state index in [1.807, 2.05) is 24.3 Å². The van der Waals surface area contributed by atoms with Crippen molar-refractivity contribution in [2.45, 2.75) is 12.3 Å². The van der Waals surface area contributed by atoms with Gasteiger partial charge >= 0.3 is 5.69 Å². The van der Waals surface area contributed by atoms with Crippen LogP contribution in [0.15, 0.2) is 38.3 Å². The molecule has 1 aromatic heterocycles. The second-order valence-electron chi connectivity index (χ2n) is 5.33. The third-order valence-electron chi connectivity index (χ3n) is 3.95. The van der Waals surface area contributed by atoms with Gasteiger partial charge in [-0.2, -0.15) is 0 Å². The Balaban J connectivity index is 2.33. The molecule has 1 N–H and O–H groups in total. The van der Waals surface area contributed by atoms with Gasteiger partial charge in [-0.05, 0) is 17.7 Å². The monoisotopic (exact) mass is 363 g/mol. The molecule has 3 rings (SSSR count). The molecule has 0 saturated carbocycles. The van der Waals surface area contributed by atoms with Crippen molar-refractivity contribution >= 4 is 27.7 Å². The van der Waals surface area contributed by atoms with Crippen LogP contribution in [0, 0.1) is 0 Å². The van der Waals surface area contributed by atoms with Crippen molar-refractivity contribution in [2.24, 2.45) is 14.1 Å². The summed E-state index contributed by atoms with van der Waals surface area (Å²) in [6.07, 6.45) is 0.177. The summed E-state index contributed by atoms with van der Waals surface area (Å²) in [6, 6.07) is 7.50. The molecule has 0 saturated heterocycles. The van der Waals surface area contributed by atoms with Crippen molar-refractivity contribution in [3.8, 4) is 0 Å². The second kappa shape index (κ2) is 5.24. The van der Waals surface area contributed by atoms with Gasteiger partial charge in [0.15, 0.2) is 0 Å². The van der Waals surface area contributed by atoms with Gasteiger partial charge in [-0.25, -0.2) is 4.79 Å². The van der Waals surface area contributed by atoms with Crippen molar-refractivity contribution in [1.29, 1.82) is 0 Å². The third kappa shape index (κ3) is 2.21. The quantitative estimate of drug-likeness (QED) is 0.830. The fourth-order valence-corrected chi connectivity index (χ4v) is 3.23. The zero-order valence-electron chi connectivity index (χ0n) is 12.1. The van der Waals surface area contributed by atoms with E-state index in [4.69, 9.17) is 0 Å². The summed E-state index contributed by atoms with van der Waals surface area (Å²) in [5.74, 6) is -0.290. The number of carbonyl (C=O) groups excluding carboxylic acids is 1. The number of anilines is 1. The number of amides is 1. The number of nitrogens with one attached hydrogen (secondary N) is 1. The van der Waals surface area contributed by atoms with Gasteiger partial charge in [0.25, 0.3) is 5.56 Å². The first kappa shape index (κ1) is 14.8. The van der Waals surface area contributed by atoms with E-state index in [9.17, 15) is 14.4 Å². The van der Waals surface area contributed by atoms with E-state index in [1.54, 1.807) is 7.05 Å². The van der Waals surface area contributed by atoms with Gasteiger partial charge in [0.05, 0.1) is 5.56 Å². The summed E-state index contributed by atoms with van der Waals surface area (Å²) in [7, 11) is 2.99. The summed E-state index contributed by atoms with van der Waals surface area (Å²) in [5, 5.41) is 2.65. The topological polar surface area (TPSA) is 73.1 Å². The number of carbonyl (C=O) groups is 1. The van der Waals surface area contributed by atoms with Gasteiger partial charge in [0.2, 0.25) is 5.91 Å². The summed E-state index contributed by atoms with van der Waals surface area (Å²) in [4.78, 5) is 36.6. The van der Waals surface area contributed by atoms with Crippen LogP contribution in [0.25, 0.3) is 0 Å². The summed E-state index contributed by atoms with van der Waals surface area (Å²) in [5.41, 5.74) is 0.477. The van der Waals surface area contributed by atoms with E-state index < -0.39 is 5.69 Å². The Kier molecular flexibility index (Phi) is 3.52. The highest BCUT2D eigenvalue weighted by Crippen LogP contribution is 2.34. The van der Waals surface area contributed by atoms with Crippen LogP contribution in [0.2, 0.25) is 0 Å². The van der Waals surface area contributed by atoms with Crippen molar-refractivity contribution in [3.05, 3.63) is 60.7 Å². The first-order valence-corrected chi connectivity index (χ1v) is 7.54. The maximum absolute atomic E-state index is 12.5. The van der Waals surface area contributed by atoms with Gasteiger partial charge in [0.1, 0.15) is 5.82 Å². The lowest BCUT2D eigenvalue weighted by atomic mass is 9.87. The van der Waals surface area contributed by atoms with Crippen molar-refractivity contribution < 1.29 is 4.79 Å². The van der Waals surface area contributed by atoms with E-state index in [2.05, 4.69) is 21.2 Å². The van der Waals surface area contributed by atoms with Crippen molar-refractivity contribution in [2.75, 3.05) is 5.32 Å². The number of nitrogens with zero attached hydrogens (tertiary/aromatic N) is 2. The molecular weight excluding hydrogens is 350 g/mol. The lowest BCUT2D eigenvalue weighted by Gasteiger charge is -2.27. The van der Waals surface area contributed by atoms with E-state index in [1.165, 1.54) is 11.6 Å². The summed E-state index contributed by atoms with van der Waals surface area (Å²) < 4.78 is 3.25. The minimum absolute atomic E-state index is 0.177. The molecule has 1 aliphatic heterocycles. The molecule has 2 aromatic rings. The van der Waals surface area contributed by atoms with Gasteiger partial charge < -0.3 is 5.32 Å². The average Bonchev–Trinajstić information content (AvgIpc) is 2.50. The zero-order valence-corrected chi connectivity index (χ0v) is 13.7. The van der Waals surface area contributed by atoms with Gasteiger partial charge in [-0.3, -0.25) is 18.7 Å². The largest absolute Gasteiger partial charge is 0.332 e. The molecule has 114 valence electrons. The van der Waals surface area contributed by atoms with Crippen molar-refractivity contribution in [3.63, 3.8) is 0 Å². The van der Waals surface area contributed by atoms with E-state index >= 15 is 0 Å². The molecule has 0 unspecified atom stereocenters. The van der Waals surface area contributed by atoms with Crippen LogP contribution in [0.4, 0.5) is 5.82 Å². The molecule has 0 fully saturated rings. The Hall–Kier alpha value is -2.15. The number of hydrogen-bond donors (Lipinski definition) is 1. The van der Waals surface area contributed by atoms with Crippen molar-refractivity contribution in [1.82, 2.24) is 9.13 Å². The van der Waals surface area contributed by atoms with E-state index in [-0.39, 0.29) is 29.6 Å². The highest BCUT2D eigenvalue weighted by molar-refractivity contribution is 9.10. The van der Waals surface area contributed by atoms with Crippen LogP contribution >= 0.6 is 15.9 Å². The van der Waals surface area contributed by atoms with E-state index in [0.29, 0.717) is 5.56 Å². The maximum atomic E-state index is 12.5. The number of benzene rings is 1. The molecule has 0 bridgehead atoms. The summed E-state index contributed by atoms with van der Waals surface area (Å²) >= 11 is 3.40. The fourth-order valence-electron chi connectivity index (χ4n) is 2.81. The smallest absolute Gasteiger partial charge is 0.312 e. The highest BCUT2D eigenvalue weighted by atomic mass is 79.9. The van der Waals surface area contributed by atoms with Crippen LogP contribution in [0.5, 0.6) is 0 Å². The lowest BCUT2D eigenvalue weighted by molar-refractivity contribution is -0.116. The molecule has 0 aliphatic carbocycles. The Morgan fingerprint density at radius 3 is 2.59 bits per heavy atom. The minimum atomic E-state index is -0.459. The molecule has 2 heterocycles. The molecule has 22 heavy (non-hydrogen) atoms. The molecule has 1 aromatic carbocycles. The number of aromatic nitrogens is 2. The maximum Gasteiger partial charge on any atom is 0.332 e. The van der Waals surface area contributed by atoms with Crippen LogP contribution in [0.3, 0.4) is 0 Å². The molecule has 1 atom stereocenters. The normalized spacial score (nSPS) is 17.0. The molecule has 0 radical (unpaired) electrons. The Bertz CT molecular complexity index is 898. The van der Waals surface area contributed by atoms with Gasteiger partial charge in [-0.1, -0.05) is 28.1 Å². The molecule has 1 amide bonds.